The molecule has 0 aliphatic carbocycles. The molecule has 3 N–H and O–H groups in total. The molecule has 3 rings (SSSR count). The first-order valence-corrected chi connectivity index (χ1v) is 9.81. The van der Waals surface area contributed by atoms with Crippen molar-refractivity contribution in [2.75, 3.05) is 4.72 Å². The molecule has 0 radical (unpaired) electrons. The molecule has 0 aliphatic rings. The number of nitrogens with two attached hydrogens (primary N) is 1. The molecular formula is C17H13Cl2N3O4S. The Morgan fingerprint density at radius 3 is 2.59 bits per heavy atom. The molecule has 10 heteroatoms. The van der Waals surface area contributed by atoms with Gasteiger partial charge in [-0.2, -0.15) is 0 Å². The highest BCUT2D eigenvalue weighted by Gasteiger charge is 2.20. The molecule has 0 unspecified atom stereocenters. The van der Waals surface area contributed by atoms with E-state index in [1.807, 2.05) is 0 Å². The molecule has 27 heavy (non-hydrogen) atoms. The van der Waals surface area contributed by atoms with Crippen LogP contribution >= 0.6 is 23.2 Å². The van der Waals surface area contributed by atoms with Gasteiger partial charge in [0.05, 0.1) is 10.0 Å². The molecule has 0 spiro atoms. The van der Waals surface area contributed by atoms with Gasteiger partial charge in [0.25, 0.3) is 15.6 Å². The van der Waals surface area contributed by atoms with Crippen LogP contribution in [0.1, 0.15) is 0 Å². The lowest BCUT2D eigenvalue weighted by Gasteiger charge is -2.11. The summed E-state index contributed by atoms with van der Waals surface area (Å²) < 4.78 is 28.7. The summed E-state index contributed by atoms with van der Waals surface area (Å²) in [5.74, 6) is -0.663. The van der Waals surface area contributed by atoms with Gasteiger partial charge in [-0.1, -0.05) is 35.3 Å². The molecule has 0 saturated carbocycles. The van der Waals surface area contributed by atoms with Crippen LogP contribution in [0.15, 0.2) is 58.4 Å². The van der Waals surface area contributed by atoms with Crippen LogP contribution in [0.5, 0.6) is 0 Å². The van der Waals surface area contributed by atoms with Crippen molar-refractivity contribution in [3.8, 4) is 0 Å². The van der Waals surface area contributed by atoms with Crippen LogP contribution in [-0.2, 0) is 21.4 Å². The Hall–Kier alpha value is -2.55. The quantitative estimate of drug-likeness (QED) is 0.653. The monoisotopic (exact) mass is 425 g/mol. The number of rotatable bonds is 5. The second kappa shape index (κ2) is 7.22. The van der Waals surface area contributed by atoms with Gasteiger partial charge in [-0.25, -0.2) is 8.42 Å². The van der Waals surface area contributed by atoms with Crippen molar-refractivity contribution in [3.05, 3.63) is 69.1 Å². The number of carbonyl (C=O) groups is 1. The highest BCUT2D eigenvalue weighted by Crippen LogP contribution is 2.30. The lowest BCUT2D eigenvalue weighted by atomic mass is 10.1. The number of carbonyl (C=O) groups excluding carboxylic acids is 1. The minimum absolute atomic E-state index is 0.101. The van der Waals surface area contributed by atoms with Gasteiger partial charge in [0.2, 0.25) is 5.91 Å². The van der Waals surface area contributed by atoms with Crippen molar-refractivity contribution in [2.45, 2.75) is 11.4 Å². The van der Waals surface area contributed by atoms with Crippen LogP contribution in [0.25, 0.3) is 10.8 Å². The number of amides is 1. The number of primary amides is 1. The lowest BCUT2D eigenvalue weighted by Crippen LogP contribution is -2.27. The summed E-state index contributed by atoms with van der Waals surface area (Å²) >= 11 is 11.9. The second-order valence-electron chi connectivity index (χ2n) is 5.67. The largest absolute Gasteiger partial charge is 0.368 e. The summed E-state index contributed by atoms with van der Waals surface area (Å²) in [6, 6.07) is 10.4. The average molecular weight is 426 g/mol. The van der Waals surface area contributed by atoms with E-state index in [-0.39, 0.29) is 32.6 Å². The number of hydrogen-bond acceptors (Lipinski definition) is 4. The molecule has 0 saturated heterocycles. The number of sulfonamides is 1. The van der Waals surface area contributed by atoms with Crippen LogP contribution in [-0.4, -0.2) is 18.9 Å². The second-order valence-corrected chi connectivity index (χ2v) is 8.11. The third-order valence-corrected chi connectivity index (χ3v) is 6.12. The molecule has 0 bridgehead atoms. The fourth-order valence-electron chi connectivity index (χ4n) is 2.54. The predicted molar refractivity (Wildman–Crippen MR) is 105 cm³/mol. The molecule has 140 valence electrons. The number of nitrogens with one attached hydrogen (secondary N) is 1. The average Bonchev–Trinajstić information content (AvgIpc) is 2.59. The van der Waals surface area contributed by atoms with Gasteiger partial charge in [-0.15, -0.1) is 0 Å². The molecule has 0 fully saturated rings. The van der Waals surface area contributed by atoms with Gasteiger partial charge in [-0.3, -0.25) is 14.3 Å². The van der Waals surface area contributed by atoms with Gasteiger partial charge in [0.15, 0.2) is 0 Å². The minimum atomic E-state index is -4.03. The highest BCUT2D eigenvalue weighted by atomic mass is 35.5. The third kappa shape index (κ3) is 3.92. The van der Waals surface area contributed by atoms with Crippen LogP contribution in [0, 0.1) is 0 Å². The van der Waals surface area contributed by atoms with Crippen LogP contribution in [0.4, 0.5) is 5.69 Å². The van der Waals surface area contributed by atoms with Crippen LogP contribution in [0.3, 0.4) is 0 Å². The number of fused-ring (bicyclic) bond motifs is 1. The SMILES string of the molecule is NC(=O)Cn1ccc2ccc(NS(=O)(=O)c3cccc(Cl)c3Cl)cc2c1=O. The molecule has 3 aromatic rings. The Morgan fingerprint density at radius 2 is 1.89 bits per heavy atom. The lowest BCUT2D eigenvalue weighted by molar-refractivity contribution is -0.118. The van der Waals surface area contributed by atoms with E-state index in [0.717, 1.165) is 4.57 Å². The van der Waals surface area contributed by atoms with Crippen molar-refractivity contribution < 1.29 is 13.2 Å². The van der Waals surface area contributed by atoms with E-state index in [4.69, 9.17) is 28.9 Å². The van der Waals surface area contributed by atoms with E-state index >= 15 is 0 Å². The van der Waals surface area contributed by atoms with Gasteiger partial charge in [-0.05, 0) is 35.7 Å². The number of nitrogens with zero attached hydrogens (tertiary/aromatic N) is 1. The first-order valence-electron chi connectivity index (χ1n) is 7.57. The maximum atomic E-state index is 12.6. The Morgan fingerprint density at radius 1 is 1.15 bits per heavy atom. The number of halogens is 2. The van der Waals surface area contributed by atoms with Crippen molar-refractivity contribution in [2.24, 2.45) is 5.73 Å². The van der Waals surface area contributed by atoms with Crippen molar-refractivity contribution in [3.63, 3.8) is 0 Å². The third-order valence-electron chi connectivity index (χ3n) is 3.76. The Kier molecular flexibility index (Phi) is 5.14. The number of anilines is 1. The van der Waals surface area contributed by atoms with E-state index in [1.54, 1.807) is 12.1 Å². The zero-order valence-electron chi connectivity index (χ0n) is 13.6. The van der Waals surface area contributed by atoms with Crippen molar-refractivity contribution in [1.82, 2.24) is 4.57 Å². The maximum Gasteiger partial charge on any atom is 0.263 e. The standard InChI is InChI=1S/C17H13Cl2N3O4S/c18-13-2-1-3-14(16(13)19)27(25,26)21-11-5-4-10-6-7-22(9-15(20)23)17(24)12(10)8-11/h1-8,21H,9H2,(H2,20,23). The van der Waals surface area contributed by atoms with Gasteiger partial charge in [0, 0.05) is 17.3 Å². The summed E-state index contributed by atoms with van der Waals surface area (Å²) in [5.41, 5.74) is 4.82. The summed E-state index contributed by atoms with van der Waals surface area (Å²) in [7, 11) is -4.03. The number of hydrogen-bond donors (Lipinski definition) is 2. The molecule has 0 aliphatic heterocycles. The Bertz CT molecular complexity index is 1220. The van der Waals surface area contributed by atoms with E-state index in [0.29, 0.717) is 5.39 Å². The number of benzene rings is 2. The van der Waals surface area contributed by atoms with E-state index in [2.05, 4.69) is 4.72 Å². The summed E-state index contributed by atoms with van der Waals surface area (Å²) in [4.78, 5) is 23.4. The number of aromatic nitrogens is 1. The Balaban J connectivity index is 2.04. The van der Waals surface area contributed by atoms with Crippen molar-refractivity contribution >= 4 is 55.6 Å². The van der Waals surface area contributed by atoms with Gasteiger partial charge < -0.3 is 10.3 Å². The molecule has 7 nitrogen and oxygen atoms in total. The molecule has 2 aromatic carbocycles. The molecular weight excluding hydrogens is 413 g/mol. The van der Waals surface area contributed by atoms with E-state index in [9.17, 15) is 18.0 Å². The normalized spacial score (nSPS) is 11.5. The smallest absolute Gasteiger partial charge is 0.263 e. The summed E-state index contributed by atoms with van der Waals surface area (Å²) in [6.07, 6.45) is 1.45. The molecule has 1 heterocycles. The van der Waals surface area contributed by atoms with E-state index in [1.165, 1.54) is 36.5 Å². The minimum Gasteiger partial charge on any atom is -0.368 e. The first-order chi connectivity index (χ1) is 12.7. The van der Waals surface area contributed by atoms with Gasteiger partial charge >= 0.3 is 0 Å². The number of pyridine rings is 1. The zero-order valence-corrected chi connectivity index (χ0v) is 16.0. The maximum absolute atomic E-state index is 12.6. The summed E-state index contributed by atoms with van der Waals surface area (Å²) in [6.45, 7) is -0.275. The van der Waals surface area contributed by atoms with Crippen LogP contribution in [0.2, 0.25) is 10.0 Å². The topological polar surface area (TPSA) is 111 Å². The predicted octanol–water partition coefficient (Wildman–Crippen LogP) is 2.59. The van der Waals surface area contributed by atoms with Crippen molar-refractivity contribution in [1.29, 1.82) is 0 Å². The Labute approximate surface area is 164 Å². The van der Waals surface area contributed by atoms with Gasteiger partial charge in [0.1, 0.15) is 11.4 Å². The van der Waals surface area contributed by atoms with E-state index < -0.39 is 21.5 Å². The first kappa shape index (κ1) is 19.2. The van der Waals surface area contributed by atoms with Crippen LogP contribution < -0.4 is 16.0 Å². The molecule has 1 aromatic heterocycles. The molecule has 0 atom stereocenters. The summed E-state index contributed by atoms with van der Waals surface area (Å²) in [5, 5.41) is 0.823. The fourth-order valence-corrected chi connectivity index (χ4v) is 4.35. The highest BCUT2D eigenvalue weighted by molar-refractivity contribution is 7.92. The zero-order chi connectivity index (χ0) is 19.8. The molecule has 1 amide bonds. The fraction of sp³-hybridized carbons (Fsp3) is 0.0588.